The first-order valence-electron chi connectivity index (χ1n) is 10.3. The molecule has 5 nitrogen and oxygen atoms in total. The molecule has 0 aromatic heterocycles. The number of hydrogen-bond acceptors (Lipinski definition) is 5. The van der Waals surface area contributed by atoms with E-state index in [9.17, 15) is 14.4 Å². The van der Waals surface area contributed by atoms with Gasteiger partial charge in [-0.05, 0) is 37.5 Å². The third-order valence-corrected chi connectivity index (χ3v) is 4.10. The van der Waals surface area contributed by atoms with Crippen LogP contribution in [0.15, 0.2) is 0 Å². The molecule has 0 amide bonds. The van der Waals surface area contributed by atoms with Crippen LogP contribution in [0.2, 0.25) is 0 Å². The number of carbonyl (C=O) groups is 3. The average molecular weight is 387 g/mol. The molecule has 0 N–H and O–H groups in total. The maximum atomic E-state index is 11.5. The minimum Gasteiger partial charge on any atom is -0.466 e. The molecule has 0 atom stereocenters. The van der Waals surface area contributed by atoms with E-state index in [1.54, 1.807) is 6.92 Å². The van der Waals surface area contributed by atoms with Gasteiger partial charge in [0.05, 0.1) is 19.6 Å². The summed E-state index contributed by atoms with van der Waals surface area (Å²) in [5.41, 5.74) is 0.0966. The van der Waals surface area contributed by atoms with Crippen molar-refractivity contribution in [2.24, 2.45) is 10.8 Å². The van der Waals surface area contributed by atoms with E-state index < -0.39 is 5.97 Å². The van der Waals surface area contributed by atoms with Gasteiger partial charge in [-0.3, -0.25) is 14.4 Å². The van der Waals surface area contributed by atoms with E-state index >= 15 is 0 Å². The van der Waals surface area contributed by atoms with Gasteiger partial charge in [0, 0.05) is 6.42 Å². The summed E-state index contributed by atoms with van der Waals surface area (Å²) < 4.78 is 9.61. The Morgan fingerprint density at radius 1 is 0.667 bits per heavy atom. The van der Waals surface area contributed by atoms with Crippen molar-refractivity contribution in [3.8, 4) is 0 Å². The van der Waals surface area contributed by atoms with Crippen LogP contribution in [0.5, 0.6) is 0 Å². The third-order valence-electron chi connectivity index (χ3n) is 4.10. The van der Waals surface area contributed by atoms with Gasteiger partial charge in [0.15, 0.2) is 0 Å². The van der Waals surface area contributed by atoms with Crippen LogP contribution >= 0.6 is 0 Å². The Morgan fingerprint density at radius 2 is 1.07 bits per heavy atom. The van der Waals surface area contributed by atoms with Gasteiger partial charge in [-0.25, -0.2) is 0 Å². The Bertz CT molecular complexity index is 438. The van der Waals surface area contributed by atoms with Crippen LogP contribution < -0.4 is 0 Å². The summed E-state index contributed by atoms with van der Waals surface area (Å²) in [4.78, 5) is 33.7. The molecule has 0 saturated heterocycles. The minimum absolute atomic E-state index is 0.00166. The highest BCUT2D eigenvalue weighted by Crippen LogP contribution is 2.27. The Kier molecular flexibility index (Phi) is 15.1. The van der Waals surface area contributed by atoms with E-state index in [0.717, 1.165) is 25.7 Å². The molecule has 0 aliphatic carbocycles. The smallest absolute Gasteiger partial charge is 0.313 e. The number of carbonyl (C=O) groups excluding carboxylic acids is 3. The van der Waals surface area contributed by atoms with E-state index in [0.29, 0.717) is 26.1 Å². The fourth-order valence-corrected chi connectivity index (χ4v) is 3.10. The molecule has 0 saturated carbocycles. The van der Waals surface area contributed by atoms with Crippen LogP contribution in [0.4, 0.5) is 0 Å². The molecule has 27 heavy (non-hydrogen) atoms. The van der Waals surface area contributed by atoms with Crippen molar-refractivity contribution < 1.29 is 23.9 Å². The number of rotatable bonds is 12. The molecule has 0 aromatic carbocycles. The Morgan fingerprint density at radius 3 is 1.48 bits per heavy atom. The molecular weight excluding hydrogens is 344 g/mol. The van der Waals surface area contributed by atoms with Crippen LogP contribution in [0.25, 0.3) is 0 Å². The zero-order valence-corrected chi connectivity index (χ0v) is 18.9. The summed E-state index contributed by atoms with van der Waals surface area (Å²) in [6, 6.07) is 0. The molecule has 0 rings (SSSR count). The highest BCUT2D eigenvalue weighted by molar-refractivity contribution is 5.95. The highest BCUT2D eigenvalue weighted by atomic mass is 16.5. The first kappa shape index (κ1) is 27.8. The number of esters is 2. The van der Waals surface area contributed by atoms with Crippen molar-refractivity contribution in [2.45, 2.75) is 100 Å². The summed E-state index contributed by atoms with van der Waals surface area (Å²) in [6.45, 7) is 16.9. The first-order chi connectivity index (χ1) is 12.4. The zero-order chi connectivity index (χ0) is 21.5. The second-order valence-corrected chi connectivity index (χ2v) is 8.51. The lowest BCUT2D eigenvalue weighted by atomic mass is 9.82. The fourth-order valence-electron chi connectivity index (χ4n) is 3.10. The topological polar surface area (TPSA) is 69.7 Å². The van der Waals surface area contributed by atoms with Crippen LogP contribution in [0.1, 0.15) is 100 Å². The molecule has 0 unspecified atom stereocenters. The largest absolute Gasteiger partial charge is 0.466 e. The molecule has 0 spiro atoms. The summed E-state index contributed by atoms with van der Waals surface area (Å²) in [5, 5.41) is 0. The van der Waals surface area contributed by atoms with Gasteiger partial charge >= 0.3 is 11.9 Å². The molecule has 0 bridgehead atoms. The van der Waals surface area contributed by atoms with Crippen LogP contribution in [-0.2, 0) is 23.9 Å². The fraction of sp³-hybridized carbons (Fsp3) is 0.864. The Labute approximate surface area is 166 Å². The zero-order valence-electron chi connectivity index (χ0n) is 18.9. The second kappa shape index (κ2) is 14.6. The maximum absolute atomic E-state index is 11.5. The first-order valence-corrected chi connectivity index (χ1v) is 10.3. The van der Waals surface area contributed by atoms with Gasteiger partial charge in [0.25, 0.3) is 0 Å². The molecule has 0 aliphatic rings. The number of Topliss-reactive ketones (excluding diaryl/α,β-unsaturated/α-hetero) is 1. The van der Waals surface area contributed by atoms with Crippen LogP contribution in [0.3, 0.4) is 0 Å². The predicted molar refractivity (Wildman–Crippen MR) is 110 cm³/mol. The van der Waals surface area contributed by atoms with Crippen molar-refractivity contribution >= 4 is 17.7 Å². The highest BCUT2D eigenvalue weighted by Gasteiger charge is 2.23. The number of ketones is 1. The van der Waals surface area contributed by atoms with Gasteiger partial charge in [-0.1, -0.05) is 54.4 Å². The quantitative estimate of drug-likeness (QED) is 0.327. The van der Waals surface area contributed by atoms with E-state index in [4.69, 9.17) is 9.47 Å². The van der Waals surface area contributed by atoms with Crippen molar-refractivity contribution in [1.29, 1.82) is 0 Å². The molecule has 160 valence electrons. The van der Waals surface area contributed by atoms with E-state index in [1.807, 2.05) is 6.92 Å². The van der Waals surface area contributed by atoms with E-state index in [1.165, 1.54) is 0 Å². The van der Waals surface area contributed by atoms with E-state index in [-0.39, 0.29) is 29.0 Å². The molecule has 0 aliphatic heterocycles. The Hall–Kier alpha value is -1.39. The summed E-state index contributed by atoms with van der Waals surface area (Å²) in [5.74, 6) is -0.502. The number of hydrogen-bond donors (Lipinski definition) is 0. The summed E-state index contributed by atoms with van der Waals surface area (Å²) in [7, 11) is 0. The predicted octanol–water partition coefficient (Wildman–Crippen LogP) is 5.49. The van der Waals surface area contributed by atoms with Crippen LogP contribution in [-0.4, -0.2) is 30.9 Å². The molecule has 5 heteroatoms. The molecule has 0 fully saturated rings. The lowest BCUT2D eigenvalue weighted by Gasteiger charge is -2.22. The van der Waals surface area contributed by atoms with Crippen molar-refractivity contribution in [3.05, 3.63) is 0 Å². The molecule has 0 aromatic rings. The lowest BCUT2D eigenvalue weighted by molar-refractivity contribution is -0.147. The van der Waals surface area contributed by atoms with Gasteiger partial charge in [0.1, 0.15) is 12.2 Å². The van der Waals surface area contributed by atoms with Crippen molar-refractivity contribution in [1.82, 2.24) is 0 Å². The summed E-state index contributed by atoms with van der Waals surface area (Å²) in [6.07, 6.45) is 5.16. The van der Waals surface area contributed by atoms with E-state index in [2.05, 4.69) is 41.5 Å². The second-order valence-electron chi connectivity index (χ2n) is 8.51. The third kappa shape index (κ3) is 17.8. The molecule has 0 radical (unpaired) electrons. The standard InChI is InChI=1S/C12H22O3.C10H20O2/c1-5-7-12(3,4)9-10(13)8-11(14)15-6-2;1-5-7-10(3,4)8-9(11)12-6-2/h5-9H2,1-4H3;5-8H2,1-4H3. The monoisotopic (exact) mass is 386 g/mol. The number of ether oxygens (including phenoxy) is 2. The van der Waals surface area contributed by atoms with Gasteiger partial charge in [-0.2, -0.15) is 0 Å². The molecular formula is C22H42O5. The van der Waals surface area contributed by atoms with Gasteiger partial charge < -0.3 is 9.47 Å². The van der Waals surface area contributed by atoms with Crippen molar-refractivity contribution in [3.63, 3.8) is 0 Å². The maximum Gasteiger partial charge on any atom is 0.313 e. The lowest BCUT2D eigenvalue weighted by Crippen LogP contribution is -2.19. The van der Waals surface area contributed by atoms with Gasteiger partial charge in [0.2, 0.25) is 0 Å². The normalized spacial score (nSPS) is 11.3. The minimum atomic E-state index is -0.408. The SMILES string of the molecule is CCCC(C)(C)CC(=O)CC(=O)OCC.CCCC(C)(C)CC(=O)OCC. The van der Waals surface area contributed by atoms with Crippen LogP contribution in [0, 0.1) is 10.8 Å². The average Bonchev–Trinajstić information content (AvgIpc) is 2.46. The molecule has 0 heterocycles. The summed E-state index contributed by atoms with van der Waals surface area (Å²) >= 11 is 0. The van der Waals surface area contributed by atoms with Gasteiger partial charge in [-0.15, -0.1) is 0 Å². The van der Waals surface area contributed by atoms with Crippen molar-refractivity contribution in [2.75, 3.05) is 13.2 Å². The Balaban J connectivity index is 0.